The molecule has 2 fully saturated rings. The van der Waals surface area contributed by atoms with E-state index in [1.54, 1.807) is 0 Å². The van der Waals surface area contributed by atoms with Crippen LogP contribution in [0, 0.1) is 0 Å². The third kappa shape index (κ3) is 2.47. The summed E-state index contributed by atoms with van der Waals surface area (Å²) < 4.78 is 10.7. The van der Waals surface area contributed by atoms with Crippen LogP contribution < -0.4 is 10.2 Å². The van der Waals surface area contributed by atoms with Gasteiger partial charge in [0.05, 0.1) is 13.2 Å². The van der Waals surface area contributed by atoms with E-state index in [1.807, 2.05) is 0 Å². The second-order valence-corrected chi connectivity index (χ2v) is 4.80. The first kappa shape index (κ1) is 11.9. The third-order valence-corrected chi connectivity index (χ3v) is 3.44. The minimum atomic E-state index is 0.0347. The first-order chi connectivity index (χ1) is 8.83. The predicted molar refractivity (Wildman–Crippen MR) is 65.6 cm³/mol. The van der Waals surface area contributed by atoms with Crippen LogP contribution in [0.2, 0.25) is 0 Å². The highest BCUT2D eigenvalue weighted by molar-refractivity contribution is 5.29. The van der Waals surface area contributed by atoms with Gasteiger partial charge in [0, 0.05) is 32.7 Å². The fourth-order valence-electron chi connectivity index (χ4n) is 2.23. The number of anilines is 1. The lowest BCUT2D eigenvalue weighted by Crippen LogP contribution is -2.45. The first-order valence-corrected chi connectivity index (χ1v) is 6.41. The fourth-order valence-corrected chi connectivity index (χ4v) is 2.23. The predicted octanol–water partition coefficient (Wildman–Crippen LogP) is -0.518. The minimum absolute atomic E-state index is 0.0347. The SMILES string of the molecule is CN1CCN(c2noc(C3COCCN3)n2)CC1. The van der Waals surface area contributed by atoms with Crippen molar-refractivity contribution in [3.05, 3.63) is 5.89 Å². The molecular weight excluding hydrogens is 234 g/mol. The zero-order valence-corrected chi connectivity index (χ0v) is 10.6. The normalized spacial score (nSPS) is 26.5. The number of hydrogen-bond acceptors (Lipinski definition) is 7. The van der Waals surface area contributed by atoms with Crippen molar-refractivity contribution in [2.24, 2.45) is 0 Å². The van der Waals surface area contributed by atoms with Gasteiger partial charge in [0.1, 0.15) is 6.04 Å². The molecule has 0 aromatic carbocycles. The molecule has 100 valence electrons. The summed E-state index contributed by atoms with van der Waals surface area (Å²) in [6.07, 6.45) is 0. The van der Waals surface area contributed by atoms with E-state index in [2.05, 4.69) is 32.3 Å². The zero-order valence-electron chi connectivity index (χ0n) is 10.6. The number of hydrogen-bond donors (Lipinski definition) is 1. The lowest BCUT2D eigenvalue weighted by atomic mass is 10.3. The highest BCUT2D eigenvalue weighted by Gasteiger charge is 2.24. The zero-order chi connectivity index (χ0) is 12.4. The lowest BCUT2D eigenvalue weighted by molar-refractivity contribution is 0.0659. The van der Waals surface area contributed by atoms with Gasteiger partial charge in [0.15, 0.2) is 0 Å². The standard InChI is InChI=1S/C11H19N5O2/c1-15-3-5-16(6-4-15)11-13-10(18-14-11)9-8-17-7-2-12-9/h9,12H,2-8H2,1H3. The summed E-state index contributed by atoms with van der Waals surface area (Å²) in [5, 5.41) is 7.38. The number of nitrogens with one attached hydrogen (secondary N) is 1. The molecule has 1 N–H and O–H groups in total. The highest BCUT2D eigenvalue weighted by Crippen LogP contribution is 2.18. The molecule has 1 aromatic rings. The van der Waals surface area contributed by atoms with Gasteiger partial charge in [-0.2, -0.15) is 4.98 Å². The Morgan fingerprint density at radius 2 is 2.11 bits per heavy atom. The van der Waals surface area contributed by atoms with Crippen molar-refractivity contribution in [3.8, 4) is 0 Å². The summed E-state index contributed by atoms with van der Waals surface area (Å²) in [4.78, 5) is 8.93. The number of likely N-dealkylation sites (N-methyl/N-ethyl adjacent to an activating group) is 1. The van der Waals surface area contributed by atoms with Gasteiger partial charge in [0.25, 0.3) is 5.95 Å². The molecule has 1 unspecified atom stereocenters. The Morgan fingerprint density at radius 1 is 1.28 bits per heavy atom. The van der Waals surface area contributed by atoms with Crippen molar-refractivity contribution in [3.63, 3.8) is 0 Å². The molecule has 0 bridgehead atoms. The van der Waals surface area contributed by atoms with Gasteiger partial charge < -0.3 is 24.4 Å². The molecule has 1 atom stereocenters. The summed E-state index contributed by atoms with van der Waals surface area (Å²) in [5.74, 6) is 1.33. The van der Waals surface area contributed by atoms with Crippen LogP contribution in [0.25, 0.3) is 0 Å². The molecule has 0 aliphatic carbocycles. The Labute approximate surface area is 106 Å². The van der Waals surface area contributed by atoms with Gasteiger partial charge in [-0.25, -0.2) is 0 Å². The summed E-state index contributed by atoms with van der Waals surface area (Å²) >= 11 is 0. The summed E-state index contributed by atoms with van der Waals surface area (Å²) in [6, 6.07) is 0.0347. The average Bonchev–Trinajstić information content (AvgIpc) is 2.90. The Kier molecular flexibility index (Phi) is 3.44. The van der Waals surface area contributed by atoms with Crippen molar-refractivity contribution in [1.82, 2.24) is 20.4 Å². The van der Waals surface area contributed by atoms with Crippen molar-refractivity contribution >= 4 is 5.95 Å². The molecule has 2 aliphatic rings. The largest absolute Gasteiger partial charge is 0.378 e. The molecule has 3 heterocycles. The number of piperazine rings is 1. The van der Waals surface area contributed by atoms with E-state index in [9.17, 15) is 0 Å². The van der Waals surface area contributed by atoms with Crippen LogP contribution in [0.1, 0.15) is 11.9 Å². The molecule has 3 rings (SSSR count). The summed E-state index contributed by atoms with van der Waals surface area (Å²) in [5.41, 5.74) is 0. The van der Waals surface area contributed by atoms with Crippen LogP contribution in [-0.4, -0.2) is 68.0 Å². The number of morpholine rings is 1. The van der Waals surface area contributed by atoms with E-state index < -0.39 is 0 Å². The van der Waals surface area contributed by atoms with Crippen molar-refractivity contribution in [2.45, 2.75) is 6.04 Å². The van der Waals surface area contributed by atoms with Crippen LogP contribution in [0.3, 0.4) is 0 Å². The number of nitrogens with zero attached hydrogens (tertiary/aromatic N) is 4. The maximum atomic E-state index is 5.39. The molecule has 2 saturated heterocycles. The van der Waals surface area contributed by atoms with Crippen LogP contribution in [0.5, 0.6) is 0 Å². The van der Waals surface area contributed by atoms with E-state index in [0.717, 1.165) is 39.3 Å². The highest BCUT2D eigenvalue weighted by atomic mass is 16.5. The average molecular weight is 253 g/mol. The van der Waals surface area contributed by atoms with E-state index in [0.29, 0.717) is 18.4 Å². The molecule has 0 saturated carbocycles. The van der Waals surface area contributed by atoms with Gasteiger partial charge in [-0.1, -0.05) is 0 Å². The van der Waals surface area contributed by atoms with E-state index in [1.165, 1.54) is 0 Å². The minimum Gasteiger partial charge on any atom is -0.378 e. The molecule has 7 heteroatoms. The fraction of sp³-hybridized carbons (Fsp3) is 0.818. The first-order valence-electron chi connectivity index (χ1n) is 6.41. The molecule has 7 nitrogen and oxygen atoms in total. The van der Waals surface area contributed by atoms with Gasteiger partial charge in [0.2, 0.25) is 5.89 Å². The molecular formula is C11H19N5O2. The monoisotopic (exact) mass is 253 g/mol. The second kappa shape index (κ2) is 5.21. The van der Waals surface area contributed by atoms with Crippen molar-refractivity contribution in [2.75, 3.05) is 57.9 Å². The second-order valence-electron chi connectivity index (χ2n) is 4.80. The van der Waals surface area contributed by atoms with E-state index >= 15 is 0 Å². The maximum absolute atomic E-state index is 5.39. The summed E-state index contributed by atoms with van der Waals surface area (Å²) in [6.45, 7) is 6.15. The van der Waals surface area contributed by atoms with E-state index in [4.69, 9.17) is 9.26 Å². The van der Waals surface area contributed by atoms with Gasteiger partial charge in [-0.3, -0.25) is 0 Å². The van der Waals surface area contributed by atoms with Crippen LogP contribution in [0.15, 0.2) is 4.52 Å². The smallest absolute Gasteiger partial charge is 0.266 e. The third-order valence-electron chi connectivity index (χ3n) is 3.44. The quantitative estimate of drug-likeness (QED) is 0.761. The van der Waals surface area contributed by atoms with Crippen LogP contribution in [-0.2, 0) is 4.74 Å². The van der Waals surface area contributed by atoms with Gasteiger partial charge in [-0.15, -0.1) is 0 Å². The summed E-state index contributed by atoms with van der Waals surface area (Å²) in [7, 11) is 2.13. The Hall–Kier alpha value is -1.18. The van der Waals surface area contributed by atoms with Crippen LogP contribution in [0.4, 0.5) is 5.95 Å². The molecule has 0 radical (unpaired) electrons. The number of rotatable bonds is 2. The van der Waals surface area contributed by atoms with Crippen LogP contribution >= 0.6 is 0 Å². The molecule has 18 heavy (non-hydrogen) atoms. The number of aromatic nitrogens is 2. The Morgan fingerprint density at radius 3 is 2.83 bits per heavy atom. The maximum Gasteiger partial charge on any atom is 0.266 e. The van der Waals surface area contributed by atoms with E-state index in [-0.39, 0.29) is 6.04 Å². The van der Waals surface area contributed by atoms with Crippen molar-refractivity contribution < 1.29 is 9.26 Å². The topological polar surface area (TPSA) is 66.7 Å². The molecule has 2 aliphatic heterocycles. The lowest BCUT2D eigenvalue weighted by Gasteiger charge is -2.31. The van der Waals surface area contributed by atoms with Gasteiger partial charge >= 0.3 is 0 Å². The Balaban J connectivity index is 1.65. The molecule has 0 spiro atoms. The number of ether oxygens (including phenoxy) is 1. The van der Waals surface area contributed by atoms with Crippen molar-refractivity contribution in [1.29, 1.82) is 0 Å². The Bertz CT molecular complexity index is 383. The molecule has 1 aromatic heterocycles. The molecule has 0 amide bonds. The van der Waals surface area contributed by atoms with Gasteiger partial charge in [-0.05, 0) is 12.2 Å².